The van der Waals surface area contributed by atoms with Crippen LogP contribution in [0.2, 0.25) is 0 Å². The molecule has 1 aromatic rings. The molecule has 1 aliphatic rings. The van der Waals surface area contributed by atoms with Gasteiger partial charge in [-0.2, -0.15) is 4.98 Å². The number of hydrogen-bond donors (Lipinski definition) is 0. The third-order valence-electron chi connectivity index (χ3n) is 2.48. The monoisotopic (exact) mass is 188 g/mol. The van der Waals surface area contributed by atoms with Gasteiger partial charge in [-0.15, -0.1) is 0 Å². The van der Waals surface area contributed by atoms with Crippen LogP contribution >= 0.6 is 0 Å². The summed E-state index contributed by atoms with van der Waals surface area (Å²) in [6.45, 7) is 3.34. The maximum absolute atomic E-state index is 12.9. The first-order valence-corrected chi connectivity index (χ1v) is 4.27. The molecule has 1 fully saturated rings. The predicted octanol–water partition coefficient (Wildman–Crippen LogP) is 2.00. The molecule has 5 heteroatoms. The second-order valence-corrected chi connectivity index (χ2v) is 3.34. The molecule has 0 saturated heterocycles. The zero-order chi connectivity index (χ0) is 9.64. The van der Waals surface area contributed by atoms with Crippen molar-refractivity contribution in [1.29, 1.82) is 0 Å². The van der Waals surface area contributed by atoms with Gasteiger partial charge in [-0.25, -0.2) is 8.78 Å². The molecule has 2 atom stereocenters. The summed E-state index contributed by atoms with van der Waals surface area (Å²) >= 11 is 0. The van der Waals surface area contributed by atoms with E-state index in [9.17, 15) is 8.78 Å². The number of rotatable bonds is 2. The van der Waals surface area contributed by atoms with Crippen LogP contribution in [0, 0.1) is 5.92 Å². The van der Waals surface area contributed by atoms with E-state index in [0.717, 1.165) is 0 Å². The lowest BCUT2D eigenvalue weighted by molar-refractivity contribution is 0.0924. The summed E-state index contributed by atoms with van der Waals surface area (Å²) in [5.41, 5.74) is 0. The Hall–Kier alpha value is -1.00. The zero-order valence-electron chi connectivity index (χ0n) is 7.42. The summed E-state index contributed by atoms with van der Waals surface area (Å²) < 4.78 is 30.5. The van der Waals surface area contributed by atoms with E-state index in [0.29, 0.717) is 12.2 Å². The van der Waals surface area contributed by atoms with E-state index in [1.165, 1.54) is 6.92 Å². The first-order valence-electron chi connectivity index (χ1n) is 4.27. The van der Waals surface area contributed by atoms with Crippen LogP contribution in [0.25, 0.3) is 0 Å². The first kappa shape index (κ1) is 8.59. The van der Waals surface area contributed by atoms with Crippen molar-refractivity contribution in [2.24, 2.45) is 5.92 Å². The van der Waals surface area contributed by atoms with Crippen molar-refractivity contribution in [2.45, 2.75) is 32.1 Å². The van der Waals surface area contributed by atoms with Gasteiger partial charge >= 0.3 is 0 Å². The first-order chi connectivity index (χ1) is 6.07. The largest absolute Gasteiger partial charge is 0.339 e. The highest BCUT2D eigenvalue weighted by molar-refractivity contribution is 5.18. The molecule has 2 unspecified atom stereocenters. The molecule has 13 heavy (non-hydrogen) atoms. The number of hydrogen-bond acceptors (Lipinski definition) is 3. The van der Waals surface area contributed by atoms with Crippen molar-refractivity contribution in [3.63, 3.8) is 0 Å². The molecular weight excluding hydrogens is 178 g/mol. The summed E-state index contributed by atoms with van der Waals surface area (Å²) in [5, 5.41) is 3.58. The summed E-state index contributed by atoms with van der Waals surface area (Å²) in [6.07, 6.45) is 0.607. The summed E-state index contributed by atoms with van der Waals surface area (Å²) in [6, 6.07) is 0. The molecule has 72 valence electrons. The predicted molar refractivity (Wildman–Crippen MR) is 40.5 cm³/mol. The van der Waals surface area contributed by atoms with E-state index in [-0.39, 0.29) is 5.89 Å². The fraction of sp³-hybridized carbons (Fsp3) is 0.750. The van der Waals surface area contributed by atoms with Gasteiger partial charge in [0.15, 0.2) is 5.82 Å². The van der Waals surface area contributed by atoms with Crippen LogP contribution in [-0.2, 0) is 6.42 Å². The highest BCUT2D eigenvalue weighted by atomic mass is 19.3. The molecule has 1 aromatic heterocycles. The molecule has 0 aromatic carbocycles. The van der Waals surface area contributed by atoms with Crippen molar-refractivity contribution < 1.29 is 13.3 Å². The zero-order valence-corrected chi connectivity index (χ0v) is 7.42. The summed E-state index contributed by atoms with van der Waals surface area (Å²) in [5.74, 6) is -3.62. The Kier molecular flexibility index (Phi) is 1.65. The van der Waals surface area contributed by atoms with Gasteiger partial charge in [0, 0.05) is 12.3 Å². The smallest absolute Gasteiger partial charge is 0.263 e. The van der Waals surface area contributed by atoms with Gasteiger partial charge in [0.1, 0.15) is 5.92 Å². The third-order valence-corrected chi connectivity index (χ3v) is 2.48. The number of halogens is 2. The lowest BCUT2D eigenvalue weighted by Crippen LogP contribution is -1.93. The maximum atomic E-state index is 12.9. The molecule has 0 spiro atoms. The number of aromatic nitrogens is 2. The van der Waals surface area contributed by atoms with Crippen LogP contribution in [0.15, 0.2) is 4.52 Å². The molecule has 1 saturated carbocycles. The Balaban J connectivity index is 2.19. The minimum Gasteiger partial charge on any atom is -0.339 e. The van der Waals surface area contributed by atoms with Crippen LogP contribution in [-0.4, -0.2) is 16.1 Å². The molecule has 1 heterocycles. The van der Waals surface area contributed by atoms with E-state index >= 15 is 0 Å². The number of alkyl halides is 2. The van der Waals surface area contributed by atoms with Gasteiger partial charge in [-0.1, -0.05) is 19.0 Å². The Morgan fingerprint density at radius 1 is 1.54 bits per heavy atom. The Morgan fingerprint density at radius 3 is 2.54 bits per heavy atom. The van der Waals surface area contributed by atoms with Gasteiger partial charge in [0.25, 0.3) is 5.92 Å². The number of nitrogens with zero attached hydrogens (tertiary/aromatic N) is 2. The lowest BCUT2D eigenvalue weighted by Gasteiger charge is -1.87. The SMILES string of the molecule is CCc1noc(C2C(C)C2(F)F)n1. The quantitative estimate of drug-likeness (QED) is 0.712. The molecule has 2 rings (SSSR count). The number of aryl methyl sites for hydroxylation is 1. The third kappa shape index (κ3) is 1.14. The maximum Gasteiger partial charge on any atom is 0.263 e. The van der Waals surface area contributed by atoms with Crippen molar-refractivity contribution in [3.05, 3.63) is 11.7 Å². The van der Waals surface area contributed by atoms with Crippen molar-refractivity contribution in [2.75, 3.05) is 0 Å². The normalized spacial score (nSPS) is 30.5. The summed E-state index contributed by atoms with van der Waals surface area (Å²) in [7, 11) is 0. The van der Waals surface area contributed by atoms with Crippen LogP contribution in [0.3, 0.4) is 0 Å². The highest BCUT2D eigenvalue weighted by Gasteiger charge is 2.68. The standard InChI is InChI=1S/C8H10F2N2O/c1-3-5-11-7(13-12-5)6-4(2)8(6,9)10/h4,6H,3H2,1-2H3. The fourth-order valence-corrected chi connectivity index (χ4v) is 1.40. The van der Waals surface area contributed by atoms with E-state index in [1.807, 2.05) is 6.92 Å². The van der Waals surface area contributed by atoms with Gasteiger partial charge < -0.3 is 4.52 Å². The minimum absolute atomic E-state index is 0.0781. The van der Waals surface area contributed by atoms with Crippen molar-refractivity contribution in [1.82, 2.24) is 10.1 Å². The average Bonchev–Trinajstić information content (AvgIpc) is 2.55. The van der Waals surface area contributed by atoms with E-state index < -0.39 is 17.8 Å². The molecular formula is C8H10F2N2O. The molecule has 1 aliphatic carbocycles. The van der Waals surface area contributed by atoms with Crippen LogP contribution in [0.4, 0.5) is 8.78 Å². The molecule has 0 radical (unpaired) electrons. The molecule has 0 aliphatic heterocycles. The highest BCUT2D eigenvalue weighted by Crippen LogP contribution is 2.60. The molecule has 0 bridgehead atoms. The van der Waals surface area contributed by atoms with E-state index in [4.69, 9.17) is 4.52 Å². The second kappa shape index (κ2) is 2.49. The topological polar surface area (TPSA) is 38.9 Å². The van der Waals surface area contributed by atoms with Gasteiger partial charge in [0.2, 0.25) is 5.89 Å². The van der Waals surface area contributed by atoms with Gasteiger partial charge in [-0.3, -0.25) is 0 Å². The Bertz CT molecular complexity index is 324. The van der Waals surface area contributed by atoms with Crippen LogP contribution in [0.1, 0.15) is 31.5 Å². The lowest BCUT2D eigenvalue weighted by atomic mass is 10.3. The minimum atomic E-state index is -2.66. The average molecular weight is 188 g/mol. The van der Waals surface area contributed by atoms with E-state index in [1.54, 1.807) is 0 Å². The van der Waals surface area contributed by atoms with Crippen molar-refractivity contribution >= 4 is 0 Å². The van der Waals surface area contributed by atoms with Gasteiger partial charge in [0.05, 0.1) is 0 Å². The van der Waals surface area contributed by atoms with Crippen LogP contribution in [0.5, 0.6) is 0 Å². The molecule has 3 nitrogen and oxygen atoms in total. The van der Waals surface area contributed by atoms with Crippen LogP contribution < -0.4 is 0 Å². The Labute approximate surface area is 74.1 Å². The summed E-state index contributed by atoms with van der Waals surface area (Å²) in [4.78, 5) is 3.88. The van der Waals surface area contributed by atoms with Gasteiger partial charge in [-0.05, 0) is 0 Å². The molecule has 0 N–H and O–H groups in total. The Morgan fingerprint density at radius 2 is 2.15 bits per heavy atom. The second-order valence-electron chi connectivity index (χ2n) is 3.34. The van der Waals surface area contributed by atoms with E-state index in [2.05, 4.69) is 10.1 Å². The van der Waals surface area contributed by atoms with Crippen molar-refractivity contribution in [3.8, 4) is 0 Å². The molecule has 0 amide bonds. The fourth-order valence-electron chi connectivity index (χ4n) is 1.40.